The number of esters is 2. The molecule has 3 aromatic rings. The van der Waals surface area contributed by atoms with Crippen molar-refractivity contribution >= 4 is 40.1 Å². The number of carbonyl (C=O) groups is 4. The summed E-state index contributed by atoms with van der Waals surface area (Å²) in [5, 5.41) is 5.11. The van der Waals surface area contributed by atoms with Crippen molar-refractivity contribution in [2.24, 2.45) is 0 Å². The first-order valence-electron chi connectivity index (χ1n) is 10.4. The number of pyridine rings is 2. The molecule has 2 N–H and O–H groups in total. The lowest BCUT2D eigenvalue weighted by Crippen LogP contribution is -2.22. The van der Waals surface area contributed by atoms with Crippen LogP contribution in [0.15, 0.2) is 42.9 Å². The highest BCUT2D eigenvalue weighted by Crippen LogP contribution is 2.33. The minimum Gasteiger partial charge on any atom is -0.462 e. The molecule has 0 aliphatic carbocycles. The first-order valence-corrected chi connectivity index (χ1v) is 11.2. The number of thiophene rings is 1. The molecule has 0 aliphatic heterocycles. The SMILES string of the molecule is CCOC(=O)c1c(NC(=O)COC(=O)c2cccnc2Oc2cccnc2)sc(C(=O)NC)c1C. The van der Waals surface area contributed by atoms with E-state index in [1.807, 2.05) is 0 Å². The van der Waals surface area contributed by atoms with Crippen molar-refractivity contribution < 1.29 is 33.4 Å². The van der Waals surface area contributed by atoms with Gasteiger partial charge in [-0.1, -0.05) is 0 Å². The summed E-state index contributed by atoms with van der Waals surface area (Å²) in [5.74, 6) is -2.30. The van der Waals surface area contributed by atoms with Crippen LogP contribution in [-0.2, 0) is 14.3 Å². The van der Waals surface area contributed by atoms with Gasteiger partial charge in [0.25, 0.3) is 11.8 Å². The van der Waals surface area contributed by atoms with Crippen LogP contribution in [0.2, 0.25) is 0 Å². The first kappa shape index (κ1) is 25.3. The van der Waals surface area contributed by atoms with Crippen molar-refractivity contribution in [3.63, 3.8) is 0 Å². The van der Waals surface area contributed by atoms with E-state index in [-0.39, 0.29) is 33.5 Å². The maximum atomic E-state index is 12.6. The van der Waals surface area contributed by atoms with E-state index < -0.39 is 30.4 Å². The Hall–Kier alpha value is -4.32. The zero-order valence-corrected chi connectivity index (χ0v) is 19.9. The third-order valence-corrected chi connectivity index (χ3v) is 5.69. The number of nitrogens with zero attached hydrogens (tertiary/aromatic N) is 2. The van der Waals surface area contributed by atoms with Gasteiger partial charge in [0.1, 0.15) is 16.3 Å². The number of anilines is 1. The topological polar surface area (TPSA) is 146 Å². The molecule has 3 aromatic heterocycles. The van der Waals surface area contributed by atoms with E-state index in [0.717, 1.165) is 11.3 Å². The first-order chi connectivity index (χ1) is 16.8. The molecule has 0 unspecified atom stereocenters. The molecular formula is C23H22N4O7S. The second-order valence-corrected chi connectivity index (χ2v) is 7.85. The van der Waals surface area contributed by atoms with E-state index in [9.17, 15) is 19.2 Å². The Balaban J connectivity index is 1.72. The summed E-state index contributed by atoms with van der Waals surface area (Å²) in [4.78, 5) is 57.9. The molecule has 0 aliphatic rings. The minimum absolute atomic E-state index is 0.00485. The molecular weight excluding hydrogens is 476 g/mol. The molecule has 0 saturated heterocycles. The fraction of sp³-hybridized carbons (Fsp3) is 0.217. The van der Waals surface area contributed by atoms with Gasteiger partial charge in [0.15, 0.2) is 6.61 Å². The number of hydrogen-bond acceptors (Lipinski definition) is 10. The van der Waals surface area contributed by atoms with E-state index in [0.29, 0.717) is 11.3 Å². The molecule has 3 rings (SSSR count). The highest BCUT2D eigenvalue weighted by atomic mass is 32.1. The molecule has 35 heavy (non-hydrogen) atoms. The minimum atomic E-state index is -0.842. The van der Waals surface area contributed by atoms with Crippen molar-refractivity contribution in [3.05, 3.63) is 64.4 Å². The molecule has 0 saturated carbocycles. The second-order valence-electron chi connectivity index (χ2n) is 6.83. The van der Waals surface area contributed by atoms with Crippen LogP contribution in [0, 0.1) is 6.92 Å². The smallest absolute Gasteiger partial charge is 0.344 e. The Kier molecular flexibility index (Phi) is 8.46. The lowest BCUT2D eigenvalue weighted by atomic mass is 10.1. The van der Waals surface area contributed by atoms with Crippen LogP contribution in [0.1, 0.15) is 42.9 Å². The Labute approximate surface area is 204 Å². The van der Waals surface area contributed by atoms with Gasteiger partial charge >= 0.3 is 11.9 Å². The van der Waals surface area contributed by atoms with Gasteiger partial charge in [-0.25, -0.2) is 14.6 Å². The van der Waals surface area contributed by atoms with Crippen LogP contribution in [0.3, 0.4) is 0 Å². The third-order valence-electron chi connectivity index (χ3n) is 4.49. The predicted molar refractivity (Wildman–Crippen MR) is 126 cm³/mol. The summed E-state index contributed by atoms with van der Waals surface area (Å²) in [6.07, 6.45) is 4.46. The van der Waals surface area contributed by atoms with Crippen molar-refractivity contribution in [1.82, 2.24) is 15.3 Å². The zero-order chi connectivity index (χ0) is 25.4. The molecule has 0 atom stereocenters. The number of rotatable bonds is 9. The fourth-order valence-electron chi connectivity index (χ4n) is 2.90. The van der Waals surface area contributed by atoms with Crippen molar-refractivity contribution in [3.8, 4) is 11.6 Å². The number of aromatic nitrogens is 2. The monoisotopic (exact) mass is 498 g/mol. The van der Waals surface area contributed by atoms with Gasteiger partial charge in [-0.05, 0) is 43.7 Å². The average molecular weight is 499 g/mol. The molecule has 0 bridgehead atoms. The lowest BCUT2D eigenvalue weighted by Gasteiger charge is -2.10. The summed E-state index contributed by atoms with van der Waals surface area (Å²) in [5.41, 5.74) is 0.437. The Morgan fingerprint density at radius 1 is 1.06 bits per heavy atom. The molecule has 0 aromatic carbocycles. The standard InChI is InChI=1S/C23H22N4O7S/c1-4-32-23(31)17-13(2)18(19(29)24-3)35-21(17)27-16(28)12-33-22(30)15-8-6-10-26-20(15)34-14-7-5-9-25-11-14/h5-11H,4,12H2,1-3H3,(H,24,29)(H,27,28). The molecule has 12 heteroatoms. The van der Waals surface area contributed by atoms with Crippen LogP contribution >= 0.6 is 11.3 Å². The maximum Gasteiger partial charge on any atom is 0.344 e. The summed E-state index contributed by atoms with van der Waals surface area (Å²) in [7, 11) is 1.45. The molecule has 2 amide bonds. The zero-order valence-electron chi connectivity index (χ0n) is 19.1. The number of ether oxygens (including phenoxy) is 3. The Morgan fingerprint density at radius 3 is 2.51 bits per heavy atom. The Morgan fingerprint density at radius 2 is 1.83 bits per heavy atom. The van der Waals surface area contributed by atoms with Crippen LogP contribution in [-0.4, -0.2) is 54.0 Å². The number of carbonyl (C=O) groups excluding carboxylic acids is 4. The van der Waals surface area contributed by atoms with Crippen LogP contribution < -0.4 is 15.4 Å². The summed E-state index contributed by atoms with van der Waals surface area (Å²) >= 11 is 0.914. The van der Waals surface area contributed by atoms with Gasteiger partial charge in [0, 0.05) is 19.4 Å². The maximum absolute atomic E-state index is 12.6. The number of hydrogen-bond donors (Lipinski definition) is 2. The van der Waals surface area contributed by atoms with Crippen LogP contribution in [0.5, 0.6) is 11.6 Å². The highest BCUT2D eigenvalue weighted by molar-refractivity contribution is 7.18. The Bertz CT molecular complexity index is 1240. The molecule has 11 nitrogen and oxygen atoms in total. The average Bonchev–Trinajstić information content (AvgIpc) is 3.18. The summed E-state index contributed by atoms with van der Waals surface area (Å²) in [6.45, 7) is 2.68. The molecule has 182 valence electrons. The molecule has 3 heterocycles. The van der Waals surface area contributed by atoms with Gasteiger partial charge in [-0.2, -0.15) is 0 Å². The van der Waals surface area contributed by atoms with E-state index in [4.69, 9.17) is 14.2 Å². The van der Waals surface area contributed by atoms with E-state index in [1.165, 1.54) is 31.6 Å². The number of nitrogens with one attached hydrogen (secondary N) is 2. The quantitative estimate of drug-likeness (QED) is 0.425. The van der Waals surface area contributed by atoms with Crippen molar-refractivity contribution in [1.29, 1.82) is 0 Å². The molecule has 0 spiro atoms. The fourth-order valence-corrected chi connectivity index (χ4v) is 4.06. The van der Waals surface area contributed by atoms with Crippen LogP contribution in [0.4, 0.5) is 5.00 Å². The largest absolute Gasteiger partial charge is 0.462 e. The normalized spacial score (nSPS) is 10.3. The summed E-state index contributed by atoms with van der Waals surface area (Å²) in [6, 6.07) is 6.26. The highest BCUT2D eigenvalue weighted by Gasteiger charge is 2.26. The van der Waals surface area contributed by atoms with Crippen LogP contribution in [0.25, 0.3) is 0 Å². The summed E-state index contributed by atoms with van der Waals surface area (Å²) < 4.78 is 15.8. The lowest BCUT2D eigenvalue weighted by molar-refractivity contribution is -0.119. The predicted octanol–water partition coefficient (Wildman–Crippen LogP) is 2.97. The second kappa shape index (κ2) is 11.7. The van der Waals surface area contributed by atoms with Crippen molar-refractivity contribution in [2.45, 2.75) is 13.8 Å². The van der Waals surface area contributed by atoms with E-state index >= 15 is 0 Å². The molecule has 0 radical (unpaired) electrons. The van der Waals surface area contributed by atoms with Gasteiger partial charge < -0.3 is 24.8 Å². The van der Waals surface area contributed by atoms with Gasteiger partial charge in [0.05, 0.1) is 23.2 Å². The van der Waals surface area contributed by atoms with Gasteiger partial charge in [0.2, 0.25) is 5.88 Å². The van der Waals surface area contributed by atoms with Gasteiger partial charge in [-0.15, -0.1) is 11.3 Å². The number of amides is 2. The van der Waals surface area contributed by atoms with Gasteiger partial charge in [-0.3, -0.25) is 14.6 Å². The van der Waals surface area contributed by atoms with E-state index in [1.54, 1.807) is 32.2 Å². The molecule has 0 fully saturated rings. The van der Waals surface area contributed by atoms with Crippen molar-refractivity contribution in [2.75, 3.05) is 25.6 Å². The third kappa shape index (κ3) is 6.18. The van der Waals surface area contributed by atoms with E-state index in [2.05, 4.69) is 20.6 Å².